The number of nitrogens with zero attached hydrogens (tertiary/aromatic N) is 3. The van der Waals surface area contributed by atoms with Gasteiger partial charge in [-0.2, -0.15) is 0 Å². The second-order valence-electron chi connectivity index (χ2n) is 6.10. The first-order chi connectivity index (χ1) is 13.7. The number of carbonyl (C=O) groups excluding carboxylic acids is 1. The molecule has 3 N–H and O–H groups in total. The maximum Gasteiger partial charge on any atom is 0.281 e. The third-order valence-corrected chi connectivity index (χ3v) is 4.09. The van der Waals surface area contributed by atoms with E-state index in [1.807, 2.05) is 0 Å². The molecule has 2 heterocycles. The van der Waals surface area contributed by atoms with Crippen molar-refractivity contribution in [3.05, 3.63) is 53.4 Å². The standard InChI is InChI=1S/C17H14F5N5O2.ClH/c18-10-2-1-8(26-15(28)12-5-24-11(4-25-12)14(19)20)3-9(10)17(16(21)22)7-29-6-13(23)27-17;/h1-5,14,16H,6-7H2,(H2,23,27)(H,26,28);1H/t17-;/m0./s1. The number of nitrogens with two attached hydrogens (primary N) is 1. The van der Waals surface area contributed by atoms with Gasteiger partial charge in [-0.1, -0.05) is 0 Å². The number of amidine groups is 1. The normalized spacial score (nSPS) is 18.7. The highest BCUT2D eigenvalue weighted by molar-refractivity contribution is 6.02. The Kier molecular flexibility index (Phi) is 7.26. The van der Waals surface area contributed by atoms with Crippen LogP contribution in [0.1, 0.15) is 28.2 Å². The maximum absolute atomic E-state index is 14.4. The minimum absolute atomic E-state index is 0. The van der Waals surface area contributed by atoms with Crippen molar-refractivity contribution >= 4 is 29.8 Å². The highest BCUT2D eigenvalue weighted by Crippen LogP contribution is 2.38. The van der Waals surface area contributed by atoms with E-state index in [0.717, 1.165) is 30.6 Å². The zero-order valence-corrected chi connectivity index (χ0v) is 15.8. The lowest BCUT2D eigenvalue weighted by Gasteiger charge is -2.33. The largest absolute Gasteiger partial charge is 0.385 e. The average molecular weight is 452 g/mol. The van der Waals surface area contributed by atoms with Crippen LogP contribution in [0.15, 0.2) is 35.6 Å². The SMILES string of the molecule is Cl.NC1=N[C@@](c2cc(NC(=O)c3cnc(C(F)F)cn3)ccc2F)(C(F)F)COC1. The fourth-order valence-electron chi connectivity index (χ4n) is 2.70. The van der Waals surface area contributed by atoms with Gasteiger partial charge in [0.2, 0.25) is 0 Å². The van der Waals surface area contributed by atoms with Crippen molar-refractivity contribution in [1.29, 1.82) is 0 Å². The molecule has 0 fully saturated rings. The van der Waals surface area contributed by atoms with Crippen LogP contribution >= 0.6 is 12.4 Å². The number of halogens is 6. The number of carbonyl (C=O) groups is 1. The maximum atomic E-state index is 14.4. The van der Waals surface area contributed by atoms with Crippen molar-refractivity contribution < 1.29 is 31.5 Å². The second kappa shape index (κ2) is 9.30. The molecule has 1 atom stereocenters. The number of nitrogens with one attached hydrogen (secondary N) is 1. The number of aromatic nitrogens is 2. The Morgan fingerprint density at radius 1 is 1.20 bits per heavy atom. The molecule has 13 heteroatoms. The number of ether oxygens (including phenoxy) is 1. The number of benzene rings is 1. The van der Waals surface area contributed by atoms with Gasteiger partial charge >= 0.3 is 0 Å². The van der Waals surface area contributed by atoms with Crippen molar-refractivity contribution in [2.24, 2.45) is 10.7 Å². The quantitative estimate of drug-likeness (QED) is 0.680. The topological polar surface area (TPSA) is 102 Å². The van der Waals surface area contributed by atoms with Gasteiger partial charge in [-0.15, -0.1) is 12.4 Å². The van der Waals surface area contributed by atoms with Crippen LogP contribution in [0, 0.1) is 5.82 Å². The summed E-state index contributed by atoms with van der Waals surface area (Å²) in [7, 11) is 0. The molecule has 7 nitrogen and oxygen atoms in total. The van der Waals surface area contributed by atoms with Crippen molar-refractivity contribution in [2.75, 3.05) is 18.5 Å². The fraction of sp³-hybridized carbons (Fsp3) is 0.294. The van der Waals surface area contributed by atoms with Crippen LogP contribution in [0.2, 0.25) is 0 Å². The smallest absolute Gasteiger partial charge is 0.281 e. The van der Waals surface area contributed by atoms with E-state index in [1.165, 1.54) is 0 Å². The summed E-state index contributed by atoms with van der Waals surface area (Å²) >= 11 is 0. The van der Waals surface area contributed by atoms with E-state index >= 15 is 0 Å². The van der Waals surface area contributed by atoms with Crippen LogP contribution in [-0.2, 0) is 10.3 Å². The molecule has 0 saturated carbocycles. The van der Waals surface area contributed by atoms with Crippen LogP contribution in [-0.4, -0.2) is 41.3 Å². The zero-order valence-electron chi connectivity index (χ0n) is 15.0. The number of rotatable bonds is 5. The molecule has 162 valence electrons. The Morgan fingerprint density at radius 2 is 1.93 bits per heavy atom. The molecule has 1 aliphatic heterocycles. The minimum Gasteiger partial charge on any atom is -0.385 e. The lowest BCUT2D eigenvalue weighted by Crippen LogP contribution is -2.45. The van der Waals surface area contributed by atoms with E-state index in [0.29, 0.717) is 0 Å². The van der Waals surface area contributed by atoms with Gasteiger partial charge in [0.25, 0.3) is 18.8 Å². The van der Waals surface area contributed by atoms with Crippen molar-refractivity contribution in [3.63, 3.8) is 0 Å². The number of hydrogen-bond acceptors (Lipinski definition) is 6. The highest BCUT2D eigenvalue weighted by atomic mass is 35.5. The van der Waals surface area contributed by atoms with Gasteiger partial charge in [0.1, 0.15) is 29.6 Å². The van der Waals surface area contributed by atoms with Crippen molar-refractivity contribution in [3.8, 4) is 0 Å². The van der Waals surface area contributed by atoms with Crippen LogP contribution in [0.4, 0.5) is 27.6 Å². The van der Waals surface area contributed by atoms with Gasteiger partial charge in [0.05, 0.1) is 19.0 Å². The Labute approximate surface area is 173 Å². The molecule has 1 aromatic heterocycles. The molecule has 1 aromatic carbocycles. The molecule has 3 rings (SSSR count). The van der Waals surface area contributed by atoms with Gasteiger partial charge in [-0.3, -0.25) is 14.8 Å². The number of anilines is 1. The molecule has 2 aromatic rings. The minimum atomic E-state index is -3.14. The average Bonchev–Trinajstić information content (AvgIpc) is 2.69. The molecule has 0 radical (unpaired) electrons. The van der Waals surface area contributed by atoms with Gasteiger partial charge < -0.3 is 15.8 Å². The summed E-state index contributed by atoms with van der Waals surface area (Å²) in [5.41, 5.74) is 1.64. The summed E-state index contributed by atoms with van der Waals surface area (Å²) in [6, 6.07) is 2.99. The van der Waals surface area contributed by atoms with Gasteiger partial charge in [-0.05, 0) is 18.2 Å². The summed E-state index contributed by atoms with van der Waals surface area (Å²) in [5, 5.41) is 2.32. The Bertz CT molecular complexity index is 945. The lowest BCUT2D eigenvalue weighted by molar-refractivity contribution is -0.0145. The Morgan fingerprint density at radius 3 is 2.50 bits per heavy atom. The summed E-state index contributed by atoms with van der Waals surface area (Å²) in [4.78, 5) is 22.9. The molecule has 0 aliphatic carbocycles. The summed E-state index contributed by atoms with van der Waals surface area (Å²) in [6.45, 7) is -0.778. The summed E-state index contributed by atoms with van der Waals surface area (Å²) in [6.07, 6.45) is -4.43. The summed E-state index contributed by atoms with van der Waals surface area (Å²) < 4.78 is 72.0. The van der Waals surface area contributed by atoms with Crippen LogP contribution in [0.25, 0.3) is 0 Å². The first-order valence-corrected chi connectivity index (χ1v) is 8.14. The van der Waals surface area contributed by atoms with Gasteiger partial charge in [0, 0.05) is 11.3 Å². The molecular formula is C17H15ClF5N5O2. The number of hydrogen-bond donors (Lipinski definition) is 2. The molecule has 1 amide bonds. The van der Waals surface area contributed by atoms with Crippen molar-refractivity contribution in [1.82, 2.24) is 9.97 Å². The summed E-state index contributed by atoms with van der Waals surface area (Å²) in [5.74, 6) is -2.07. The molecule has 0 spiro atoms. The zero-order chi connectivity index (χ0) is 21.2. The second-order valence-corrected chi connectivity index (χ2v) is 6.10. The highest BCUT2D eigenvalue weighted by Gasteiger charge is 2.46. The molecule has 0 saturated heterocycles. The van der Waals surface area contributed by atoms with E-state index in [4.69, 9.17) is 10.5 Å². The van der Waals surface area contributed by atoms with Crippen LogP contribution in [0.5, 0.6) is 0 Å². The van der Waals surface area contributed by atoms with Crippen LogP contribution in [0.3, 0.4) is 0 Å². The van der Waals surface area contributed by atoms with Crippen LogP contribution < -0.4 is 11.1 Å². The third kappa shape index (κ3) is 4.65. The predicted molar refractivity (Wildman–Crippen MR) is 98.7 cm³/mol. The number of aliphatic imine (C=N–C) groups is 1. The van der Waals surface area contributed by atoms with E-state index in [2.05, 4.69) is 20.3 Å². The van der Waals surface area contributed by atoms with Gasteiger partial charge in [0.15, 0.2) is 5.54 Å². The molecule has 0 unspecified atom stereocenters. The third-order valence-electron chi connectivity index (χ3n) is 4.09. The van der Waals surface area contributed by atoms with E-state index in [9.17, 15) is 26.7 Å². The molecular weight excluding hydrogens is 437 g/mol. The van der Waals surface area contributed by atoms with E-state index in [1.54, 1.807) is 0 Å². The van der Waals surface area contributed by atoms with Crippen molar-refractivity contribution in [2.45, 2.75) is 18.4 Å². The lowest BCUT2D eigenvalue weighted by atomic mass is 9.90. The first kappa shape index (κ1) is 23.4. The number of amides is 1. The number of alkyl halides is 4. The Hall–Kier alpha value is -2.86. The fourth-order valence-corrected chi connectivity index (χ4v) is 2.70. The predicted octanol–water partition coefficient (Wildman–Crippen LogP) is 3.08. The monoisotopic (exact) mass is 451 g/mol. The van der Waals surface area contributed by atoms with Gasteiger partial charge in [-0.25, -0.2) is 26.9 Å². The molecule has 0 bridgehead atoms. The molecule has 1 aliphatic rings. The van der Waals surface area contributed by atoms with E-state index in [-0.39, 0.29) is 36.2 Å². The Balaban J connectivity index is 0.00000320. The molecule has 30 heavy (non-hydrogen) atoms. The first-order valence-electron chi connectivity index (χ1n) is 8.14. The van der Waals surface area contributed by atoms with E-state index < -0.39 is 48.0 Å².